The molecule has 2 aliphatic heterocycles. The molecule has 0 bridgehead atoms. The van der Waals surface area contributed by atoms with E-state index in [0.29, 0.717) is 38.9 Å². The first-order chi connectivity index (χ1) is 11.4. The summed E-state index contributed by atoms with van der Waals surface area (Å²) in [5, 5.41) is 10.7. The molecular formula is C18H23FN2O3. The molecule has 6 heteroatoms. The van der Waals surface area contributed by atoms with Crippen LogP contribution in [0.1, 0.15) is 24.8 Å². The monoisotopic (exact) mass is 334 g/mol. The highest BCUT2D eigenvalue weighted by Crippen LogP contribution is 2.28. The first-order valence-electron chi connectivity index (χ1n) is 8.36. The Morgan fingerprint density at radius 3 is 2.67 bits per heavy atom. The number of piperidine rings is 1. The lowest BCUT2D eigenvalue weighted by Crippen LogP contribution is -2.49. The third kappa shape index (κ3) is 3.59. The van der Waals surface area contributed by atoms with Crippen LogP contribution in [-0.2, 0) is 16.0 Å². The normalized spacial score (nSPS) is 23.6. The van der Waals surface area contributed by atoms with Crippen LogP contribution < -0.4 is 0 Å². The molecule has 0 aliphatic carbocycles. The van der Waals surface area contributed by atoms with Crippen LogP contribution in [0, 0.1) is 11.7 Å². The van der Waals surface area contributed by atoms with E-state index in [1.54, 1.807) is 29.0 Å². The van der Waals surface area contributed by atoms with Crippen LogP contribution in [-0.4, -0.2) is 59.0 Å². The van der Waals surface area contributed by atoms with Crippen molar-refractivity contribution < 1.29 is 19.1 Å². The predicted octanol–water partition coefficient (Wildman–Crippen LogP) is 1.20. The number of rotatable bonds is 3. The molecule has 1 aromatic rings. The zero-order valence-corrected chi connectivity index (χ0v) is 13.9. The van der Waals surface area contributed by atoms with Gasteiger partial charge in [-0.3, -0.25) is 9.59 Å². The Labute approximate surface area is 141 Å². The number of hydrogen-bond donors (Lipinski definition) is 1. The maximum absolute atomic E-state index is 13.3. The molecule has 5 nitrogen and oxygen atoms in total. The molecule has 2 fully saturated rings. The number of hydrogen-bond acceptors (Lipinski definition) is 3. The first-order valence-corrected chi connectivity index (χ1v) is 8.36. The van der Waals surface area contributed by atoms with Gasteiger partial charge in [0.2, 0.25) is 11.8 Å². The van der Waals surface area contributed by atoms with Gasteiger partial charge < -0.3 is 14.9 Å². The molecule has 130 valence electrons. The summed E-state index contributed by atoms with van der Waals surface area (Å²) >= 11 is 0. The Morgan fingerprint density at radius 1 is 1.38 bits per heavy atom. The summed E-state index contributed by atoms with van der Waals surface area (Å²) < 4.78 is 13.3. The summed E-state index contributed by atoms with van der Waals surface area (Å²) in [6.07, 6.45) is 1.59. The molecule has 0 saturated carbocycles. The summed E-state index contributed by atoms with van der Waals surface area (Å²) in [6, 6.07) is 6.27. The van der Waals surface area contributed by atoms with E-state index in [9.17, 15) is 19.1 Å². The van der Waals surface area contributed by atoms with Gasteiger partial charge in [-0.1, -0.05) is 12.1 Å². The maximum atomic E-state index is 13.3. The van der Waals surface area contributed by atoms with Gasteiger partial charge in [0.25, 0.3) is 0 Å². The summed E-state index contributed by atoms with van der Waals surface area (Å²) in [7, 11) is 1.71. The van der Waals surface area contributed by atoms with Crippen molar-refractivity contribution in [1.29, 1.82) is 0 Å². The van der Waals surface area contributed by atoms with Crippen LogP contribution in [0.5, 0.6) is 0 Å². The van der Waals surface area contributed by atoms with Gasteiger partial charge in [-0.2, -0.15) is 0 Å². The molecule has 2 saturated heterocycles. The highest BCUT2D eigenvalue weighted by atomic mass is 19.1. The molecule has 3 rings (SSSR count). The van der Waals surface area contributed by atoms with Crippen molar-refractivity contribution in [1.82, 2.24) is 9.80 Å². The van der Waals surface area contributed by atoms with Gasteiger partial charge in [0, 0.05) is 39.5 Å². The summed E-state index contributed by atoms with van der Waals surface area (Å²) in [5.41, 5.74) is -0.146. The Hall–Kier alpha value is -1.95. The molecule has 1 atom stereocenters. The fourth-order valence-corrected chi connectivity index (χ4v) is 3.63. The van der Waals surface area contributed by atoms with Crippen LogP contribution in [0.2, 0.25) is 0 Å². The quantitative estimate of drug-likeness (QED) is 0.904. The van der Waals surface area contributed by atoms with E-state index in [-0.39, 0.29) is 30.0 Å². The number of halogens is 1. The van der Waals surface area contributed by atoms with Gasteiger partial charge in [0.05, 0.1) is 11.5 Å². The van der Waals surface area contributed by atoms with Gasteiger partial charge in [-0.05, 0) is 30.5 Å². The minimum absolute atomic E-state index is 0.000468. The number of benzene rings is 1. The van der Waals surface area contributed by atoms with Gasteiger partial charge in [-0.25, -0.2) is 4.39 Å². The van der Waals surface area contributed by atoms with Crippen molar-refractivity contribution in [2.24, 2.45) is 5.92 Å². The van der Waals surface area contributed by atoms with Gasteiger partial charge in [-0.15, -0.1) is 0 Å². The highest BCUT2D eigenvalue weighted by Gasteiger charge is 2.39. The number of carbonyl (C=O) groups excluding carboxylic acids is 2. The minimum Gasteiger partial charge on any atom is -0.389 e. The Morgan fingerprint density at radius 2 is 2.08 bits per heavy atom. The zero-order chi connectivity index (χ0) is 17.3. The van der Waals surface area contributed by atoms with Crippen LogP contribution in [0.15, 0.2) is 24.3 Å². The zero-order valence-electron chi connectivity index (χ0n) is 13.9. The van der Waals surface area contributed by atoms with Crippen molar-refractivity contribution in [3.05, 3.63) is 35.6 Å². The Kier molecular flexibility index (Phi) is 4.58. The Bertz CT molecular complexity index is 641. The second-order valence-electron chi connectivity index (χ2n) is 7.03. The topological polar surface area (TPSA) is 60.9 Å². The van der Waals surface area contributed by atoms with Crippen LogP contribution in [0.4, 0.5) is 4.39 Å². The molecular weight excluding hydrogens is 311 g/mol. The van der Waals surface area contributed by atoms with Gasteiger partial charge in [0.1, 0.15) is 5.82 Å². The van der Waals surface area contributed by atoms with E-state index in [1.807, 2.05) is 0 Å². The molecule has 0 radical (unpaired) electrons. The van der Waals surface area contributed by atoms with E-state index < -0.39 is 5.60 Å². The maximum Gasteiger partial charge on any atom is 0.227 e. The van der Waals surface area contributed by atoms with Crippen molar-refractivity contribution in [2.75, 3.05) is 26.7 Å². The fourth-order valence-electron chi connectivity index (χ4n) is 3.63. The lowest BCUT2D eigenvalue weighted by atomic mass is 9.85. The standard InChI is InChI=1S/C18H23FN2O3/c1-20-12-14(10-16(20)22)17(23)21-7-5-18(24,6-8-21)11-13-3-2-4-15(19)9-13/h2-4,9,14,24H,5-8,10-12H2,1H3. The molecule has 0 aromatic heterocycles. The number of aliphatic hydroxyl groups is 1. The van der Waals surface area contributed by atoms with E-state index in [1.165, 1.54) is 12.1 Å². The first kappa shape index (κ1) is 16.9. The average Bonchev–Trinajstić information content (AvgIpc) is 2.86. The summed E-state index contributed by atoms with van der Waals surface area (Å²) in [6.45, 7) is 1.42. The second kappa shape index (κ2) is 6.51. The Balaban J connectivity index is 1.57. The van der Waals surface area contributed by atoms with Gasteiger partial charge >= 0.3 is 0 Å². The number of nitrogens with zero attached hydrogens (tertiary/aromatic N) is 2. The van der Waals surface area contributed by atoms with Gasteiger partial charge in [0.15, 0.2) is 0 Å². The van der Waals surface area contributed by atoms with Crippen LogP contribution in [0.3, 0.4) is 0 Å². The molecule has 1 unspecified atom stereocenters. The number of carbonyl (C=O) groups is 2. The smallest absolute Gasteiger partial charge is 0.227 e. The molecule has 1 N–H and O–H groups in total. The van der Waals surface area contributed by atoms with E-state index in [0.717, 1.165) is 5.56 Å². The van der Waals surface area contributed by atoms with E-state index in [2.05, 4.69) is 0 Å². The molecule has 2 amide bonds. The molecule has 0 spiro atoms. The fraction of sp³-hybridized carbons (Fsp3) is 0.556. The predicted molar refractivity (Wildman–Crippen MR) is 86.6 cm³/mol. The van der Waals surface area contributed by atoms with Crippen molar-refractivity contribution in [3.63, 3.8) is 0 Å². The number of amides is 2. The molecule has 2 aliphatic rings. The average molecular weight is 334 g/mol. The summed E-state index contributed by atoms with van der Waals surface area (Å²) in [5.74, 6) is -0.566. The van der Waals surface area contributed by atoms with Crippen molar-refractivity contribution in [3.8, 4) is 0 Å². The minimum atomic E-state index is -0.910. The molecule has 2 heterocycles. The van der Waals surface area contributed by atoms with Crippen LogP contribution in [0.25, 0.3) is 0 Å². The lowest BCUT2D eigenvalue weighted by Gasteiger charge is -2.39. The van der Waals surface area contributed by atoms with Crippen molar-refractivity contribution in [2.45, 2.75) is 31.3 Å². The molecule has 1 aromatic carbocycles. The largest absolute Gasteiger partial charge is 0.389 e. The van der Waals surface area contributed by atoms with E-state index in [4.69, 9.17) is 0 Å². The lowest BCUT2D eigenvalue weighted by molar-refractivity contribution is -0.139. The third-order valence-electron chi connectivity index (χ3n) is 5.12. The third-order valence-corrected chi connectivity index (χ3v) is 5.12. The van der Waals surface area contributed by atoms with E-state index >= 15 is 0 Å². The highest BCUT2D eigenvalue weighted by molar-refractivity contribution is 5.89. The van der Waals surface area contributed by atoms with Crippen molar-refractivity contribution >= 4 is 11.8 Å². The SMILES string of the molecule is CN1CC(C(=O)N2CCC(O)(Cc3cccc(F)c3)CC2)CC1=O. The summed E-state index contributed by atoms with van der Waals surface area (Å²) in [4.78, 5) is 27.4. The van der Waals surface area contributed by atoms with Crippen LogP contribution >= 0.6 is 0 Å². The second-order valence-corrected chi connectivity index (χ2v) is 7.03. The number of likely N-dealkylation sites (tertiary alicyclic amines) is 2. The molecule has 24 heavy (non-hydrogen) atoms.